The largest absolute Gasteiger partial charge is 0.316 e. The Kier molecular flexibility index (Phi) is 6.51. The molecule has 0 aromatic heterocycles. The van der Waals surface area contributed by atoms with Crippen molar-refractivity contribution < 1.29 is 9.59 Å². The highest BCUT2D eigenvalue weighted by atomic mass is 31.0. The zero-order valence-corrected chi connectivity index (χ0v) is 9.04. The van der Waals surface area contributed by atoms with Gasteiger partial charge < -0.3 is 4.85 Å². The van der Waals surface area contributed by atoms with E-state index in [0.29, 0.717) is 12.6 Å². The normalized spacial score (nSPS) is 12.1. The van der Waals surface area contributed by atoms with Crippen molar-refractivity contribution in [1.29, 1.82) is 0 Å². The molecule has 1 amide bonds. The maximum Gasteiger partial charge on any atom is 0.229 e. The summed E-state index contributed by atoms with van der Waals surface area (Å²) in [5, 5.41) is 4.57. The van der Waals surface area contributed by atoms with Gasteiger partial charge >= 0.3 is 0 Å². The van der Waals surface area contributed by atoms with Crippen molar-refractivity contribution in [2.24, 2.45) is 11.0 Å². The molecule has 0 fully saturated rings. The van der Waals surface area contributed by atoms with Gasteiger partial charge in [0.15, 0.2) is 5.78 Å². The molecule has 76 valence electrons. The van der Waals surface area contributed by atoms with Gasteiger partial charge in [-0.25, -0.2) is 11.6 Å². The maximum absolute atomic E-state index is 11.3. The first kappa shape index (κ1) is 12.7. The molecule has 0 radical (unpaired) electrons. The first-order valence-electron chi connectivity index (χ1n) is 3.95. The standard InChI is InChI=1S/C8H12N3O2P/c1-9-3-7(5-14)8(13)4-10-11(2)6-12/h4,6-7H,3,5,14H2,2H3. The Labute approximate surface area is 85.2 Å². The van der Waals surface area contributed by atoms with Crippen LogP contribution in [0.5, 0.6) is 0 Å². The van der Waals surface area contributed by atoms with Crippen molar-refractivity contribution in [3.05, 3.63) is 11.4 Å². The van der Waals surface area contributed by atoms with E-state index in [1.54, 1.807) is 0 Å². The molecule has 0 aromatic carbocycles. The molecule has 0 saturated carbocycles. The number of nitrogens with zero attached hydrogens (tertiary/aromatic N) is 3. The molecule has 2 unspecified atom stereocenters. The van der Waals surface area contributed by atoms with Crippen LogP contribution < -0.4 is 0 Å². The molecular weight excluding hydrogens is 201 g/mol. The van der Waals surface area contributed by atoms with Crippen LogP contribution in [0.1, 0.15) is 0 Å². The average molecular weight is 213 g/mol. The van der Waals surface area contributed by atoms with Crippen LogP contribution >= 0.6 is 9.24 Å². The molecule has 0 bridgehead atoms. The zero-order valence-electron chi connectivity index (χ0n) is 7.88. The van der Waals surface area contributed by atoms with Gasteiger partial charge in [0.1, 0.15) is 0 Å². The summed E-state index contributed by atoms with van der Waals surface area (Å²) in [6.45, 7) is 6.79. The fourth-order valence-corrected chi connectivity index (χ4v) is 1.05. The smallest absolute Gasteiger partial charge is 0.229 e. The Morgan fingerprint density at radius 1 is 1.79 bits per heavy atom. The van der Waals surface area contributed by atoms with Crippen LogP contribution in [0.3, 0.4) is 0 Å². The van der Waals surface area contributed by atoms with Crippen LogP contribution in [-0.4, -0.2) is 43.2 Å². The molecule has 0 saturated heterocycles. The van der Waals surface area contributed by atoms with Crippen molar-refractivity contribution in [2.75, 3.05) is 19.8 Å². The molecule has 0 aliphatic heterocycles. The number of hydrazone groups is 1. The summed E-state index contributed by atoms with van der Waals surface area (Å²) in [6, 6.07) is 0. The fourth-order valence-electron chi connectivity index (χ4n) is 0.671. The van der Waals surface area contributed by atoms with E-state index >= 15 is 0 Å². The Bertz CT molecular complexity index is 272. The van der Waals surface area contributed by atoms with Crippen LogP contribution in [0, 0.1) is 12.5 Å². The molecule has 2 atom stereocenters. The minimum Gasteiger partial charge on any atom is -0.316 e. The molecule has 0 rings (SSSR count). The van der Waals surface area contributed by atoms with E-state index in [-0.39, 0.29) is 18.2 Å². The van der Waals surface area contributed by atoms with E-state index in [0.717, 1.165) is 11.2 Å². The molecule has 0 aromatic rings. The predicted molar refractivity (Wildman–Crippen MR) is 56.9 cm³/mol. The minimum absolute atomic E-state index is 0.152. The Morgan fingerprint density at radius 2 is 2.43 bits per heavy atom. The van der Waals surface area contributed by atoms with Gasteiger partial charge in [0, 0.05) is 7.05 Å². The zero-order chi connectivity index (χ0) is 11.0. The summed E-state index contributed by atoms with van der Waals surface area (Å²) in [7, 11) is 3.85. The molecule has 0 aliphatic carbocycles. The molecular formula is C8H12N3O2P. The summed E-state index contributed by atoms with van der Waals surface area (Å²) in [5.74, 6) is -0.578. The lowest BCUT2D eigenvalue weighted by Gasteiger charge is -2.04. The van der Waals surface area contributed by atoms with Crippen molar-refractivity contribution in [3.8, 4) is 0 Å². The van der Waals surface area contributed by atoms with Crippen LogP contribution in [0.15, 0.2) is 5.10 Å². The number of ketones is 1. The highest BCUT2D eigenvalue weighted by Crippen LogP contribution is 2.03. The Hall–Kier alpha value is -1.27. The number of amides is 1. The van der Waals surface area contributed by atoms with Crippen molar-refractivity contribution in [2.45, 2.75) is 0 Å². The van der Waals surface area contributed by atoms with Gasteiger partial charge in [0.2, 0.25) is 13.0 Å². The van der Waals surface area contributed by atoms with Gasteiger partial charge in [-0.05, 0) is 6.16 Å². The van der Waals surface area contributed by atoms with Gasteiger partial charge in [0.05, 0.1) is 12.1 Å². The van der Waals surface area contributed by atoms with Gasteiger partial charge in [-0.2, -0.15) is 5.10 Å². The number of hydrogen-bond acceptors (Lipinski definition) is 3. The summed E-state index contributed by atoms with van der Waals surface area (Å²) in [4.78, 5) is 24.6. The van der Waals surface area contributed by atoms with E-state index in [9.17, 15) is 9.59 Å². The molecule has 5 nitrogen and oxygen atoms in total. The molecule has 6 heteroatoms. The summed E-state index contributed by atoms with van der Waals surface area (Å²) < 4.78 is 0. The van der Waals surface area contributed by atoms with E-state index in [1.807, 2.05) is 0 Å². The van der Waals surface area contributed by atoms with Crippen LogP contribution in [0.25, 0.3) is 4.85 Å². The monoisotopic (exact) mass is 213 g/mol. The second-order valence-electron chi connectivity index (χ2n) is 2.60. The lowest BCUT2D eigenvalue weighted by atomic mass is 10.1. The SMILES string of the molecule is [C-]#[N+]CC(CP)C(=O)C=NN(C)C=O. The number of hydrogen-bond donors (Lipinski definition) is 0. The van der Waals surface area contributed by atoms with Crippen molar-refractivity contribution >= 4 is 27.6 Å². The van der Waals surface area contributed by atoms with Gasteiger partial charge in [0.25, 0.3) is 0 Å². The summed E-state index contributed by atoms with van der Waals surface area (Å²) in [6.07, 6.45) is 2.10. The number of rotatable bonds is 6. The predicted octanol–water partition coefficient (Wildman–Crippen LogP) is 0.0401. The highest BCUT2D eigenvalue weighted by Gasteiger charge is 2.17. The third kappa shape index (κ3) is 4.68. The lowest BCUT2D eigenvalue weighted by Crippen LogP contribution is -2.21. The topological polar surface area (TPSA) is 54.1 Å². The van der Waals surface area contributed by atoms with Crippen LogP contribution in [0.2, 0.25) is 0 Å². The molecule has 0 aliphatic rings. The number of carbonyl (C=O) groups excluding carboxylic acids is 2. The van der Waals surface area contributed by atoms with Gasteiger partial charge in [-0.1, -0.05) is 0 Å². The van der Waals surface area contributed by atoms with Gasteiger partial charge in [-0.15, -0.1) is 9.24 Å². The third-order valence-electron chi connectivity index (χ3n) is 1.52. The maximum atomic E-state index is 11.3. The molecule has 0 heterocycles. The first-order chi connectivity index (χ1) is 6.65. The number of carbonyl (C=O) groups is 2. The summed E-state index contributed by atoms with van der Waals surface area (Å²) in [5.41, 5.74) is 0. The molecule has 0 spiro atoms. The van der Waals surface area contributed by atoms with Crippen LogP contribution in [-0.2, 0) is 9.59 Å². The van der Waals surface area contributed by atoms with E-state index < -0.39 is 0 Å². The second-order valence-corrected chi connectivity index (χ2v) is 3.07. The highest BCUT2D eigenvalue weighted by molar-refractivity contribution is 7.16. The van der Waals surface area contributed by atoms with Crippen molar-refractivity contribution in [3.63, 3.8) is 0 Å². The lowest BCUT2D eigenvalue weighted by molar-refractivity contribution is -0.117. The molecule has 14 heavy (non-hydrogen) atoms. The second kappa shape index (κ2) is 7.16. The quantitative estimate of drug-likeness (QED) is 0.206. The average Bonchev–Trinajstić information content (AvgIpc) is 2.21. The minimum atomic E-state index is -0.346. The molecule has 0 N–H and O–H groups in total. The summed E-state index contributed by atoms with van der Waals surface area (Å²) >= 11 is 0. The first-order valence-corrected chi connectivity index (χ1v) is 4.76. The van der Waals surface area contributed by atoms with Gasteiger partial charge in [-0.3, -0.25) is 9.59 Å². The number of Topliss-reactive ketones (excluding diaryl/α,β-unsaturated/α-hetero) is 1. The van der Waals surface area contributed by atoms with E-state index in [4.69, 9.17) is 6.57 Å². The fraction of sp³-hybridized carbons (Fsp3) is 0.500. The van der Waals surface area contributed by atoms with Crippen LogP contribution in [0.4, 0.5) is 0 Å². The Morgan fingerprint density at radius 3 is 2.86 bits per heavy atom. The Balaban J connectivity index is 4.24. The van der Waals surface area contributed by atoms with E-state index in [2.05, 4.69) is 19.2 Å². The van der Waals surface area contributed by atoms with E-state index in [1.165, 1.54) is 7.05 Å². The third-order valence-corrected chi connectivity index (χ3v) is 2.09. The van der Waals surface area contributed by atoms with Crippen molar-refractivity contribution in [1.82, 2.24) is 5.01 Å².